The molecule has 4 rings (SSSR count). The van der Waals surface area contributed by atoms with Crippen LogP contribution in [0.1, 0.15) is 36.9 Å². The van der Waals surface area contributed by atoms with E-state index in [2.05, 4.69) is 10.1 Å². The molecule has 1 aromatic heterocycles. The molecule has 1 aromatic carbocycles. The van der Waals surface area contributed by atoms with Crippen molar-refractivity contribution in [3.8, 4) is 17.1 Å². The predicted molar refractivity (Wildman–Crippen MR) is 111 cm³/mol. The quantitative estimate of drug-likeness (QED) is 0.741. The van der Waals surface area contributed by atoms with Crippen molar-refractivity contribution < 1.29 is 17.7 Å². The van der Waals surface area contributed by atoms with Crippen molar-refractivity contribution >= 4 is 10.0 Å². The summed E-state index contributed by atoms with van der Waals surface area (Å²) < 4.78 is 39.3. The highest BCUT2D eigenvalue weighted by Gasteiger charge is 2.34. The first kappa shape index (κ1) is 20.4. The maximum Gasteiger partial charge on any atom is 0.246 e. The van der Waals surface area contributed by atoms with E-state index < -0.39 is 10.0 Å². The number of aromatic nitrogens is 1. The zero-order chi connectivity index (χ0) is 20.6. The molecule has 1 aliphatic heterocycles. The molecule has 2 aliphatic rings. The van der Waals surface area contributed by atoms with E-state index in [9.17, 15) is 8.42 Å². The smallest absolute Gasteiger partial charge is 0.246 e. The second-order valence-electron chi connectivity index (χ2n) is 7.97. The molecule has 1 saturated heterocycles. The summed E-state index contributed by atoms with van der Waals surface area (Å²) in [5.74, 6) is 0.938. The van der Waals surface area contributed by atoms with Crippen LogP contribution in [0.15, 0.2) is 27.6 Å². The molecular weight excluding hydrogens is 390 g/mol. The van der Waals surface area contributed by atoms with Gasteiger partial charge in [0, 0.05) is 43.3 Å². The van der Waals surface area contributed by atoms with Crippen molar-refractivity contribution in [2.75, 3.05) is 33.3 Å². The summed E-state index contributed by atoms with van der Waals surface area (Å²) in [4.78, 5) is 2.63. The molecule has 2 heterocycles. The van der Waals surface area contributed by atoms with E-state index in [1.807, 2.05) is 19.9 Å². The number of piperazine rings is 1. The van der Waals surface area contributed by atoms with Crippen LogP contribution < -0.4 is 4.74 Å². The third-order valence-electron chi connectivity index (χ3n) is 6.32. The maximum atomic E-state index is 13.4. The monoisotopic (exact) mass is 419 g/mol. The van der Waals surface area contributed by atoms with E-state index in [1.165, 1.54) is 32.8 Å². The Labute approximate surface area is 172 Å². The minimum atomic E-state index is -3.67. The minimum absolute atomic E-state index is 0.181. The number of ether oxygens (including phenoxy) is 1. The van der Waals surface area contributed by atoms with Crippen LogP contribution in [0.2, 0.25) is 0 Å². The summed E-state index contributed by atoms with van der Waals surface area (Å²) in [6.45, 7) is 6.37. The Hall–Kier alpha value is -1.90. The lowest BCUT2D eigenvalue weighted by molar-refractivity contribution is 0.139. The van der Waals surface area contributed by atoms with Gasteiger partial charge in [0.25, 0.3) is 0 Å². The Morgan fingerprint density at radius 1 is 1.10 bits per heavy atom. The van der Waals surface area contributed by atoms with Gasteiger partial charge in [-0.1, -0.05) is 18.0 Å². The Balaban J connectivity index is 1.60. The van der Waals surface area contributed by atoms with Gasteiger partial charge in [0.15, 0.2) is 5.76 Å². The van der Waals surface area contributed by atoms with Gasteiger partial charge in [0.1, 0.15) is 10.6 Å². The van der Waals surface area contributed by atoms with Gasteiger partial charge < -0.3 is 9.26 Å². The van der Waals surface area contributed by atoms with Crippen molar-refractivity contribution in [1.82, 2.24) is 14.4 Å². The van der Waals surface area contributed by atoms with E-state index in [0.29, 0.717) is 36.2 Å². The van der Waals surface area contributed by atoms with E-state index in [1.54, 1.807) is 16.4 Å². The van der Waals surface area contributed by atoms with Crippen LogP contribution in [0.25, 0.3) is 11.3 Å². The van der Waals surface area contributed by atoms with Crippen LogP contribution in [0, 0.1) is 13.8 Å². The summed E-state index contributed by atoms with van der Waals surface area (Å²) in [5.41, 5.74) is 2.39. The van der Waals surface area contributed by atoms with E-state index in [0.717, 1.165) is 24.3 Å². The fraction of sp³-hybridized carbons (Fsp3) is 0.571. The average molecular weight is 420 g/mol. The minimum Gasteiger partial charge on any atom is -0.495 e. The largest absolute Gasteiger partial charge is 0.495 e. The third kappa shape index (κ3) is 3.81. The number of aryl methyl sites for hydroxylation is 1. The Morgan fingerprint density at radius 2 is 1.79 bits per heavy atom. The third-order valence-corrected chi connectivity index (χ3v) is 8.23. The average Bonchev–Trinajstić information content (AvgIpc) is 3.39. The number of rotatable bonds is 5. The highest BCUT2D eigenvalue weighted by Crippen LogP contribution is 2.34. The summed E-state index contributed by atoms with van der Waals surface area (Å²) in [7, 11) is -2.17. The van der Waals surface area contributed by atoms with E-state index in [4.69, 9.17) is 9.26 Å². The summed E-state index contributed by atoms with van der Waals surface area (Å²) >= 11 is 0. The van der Waals surface area contributed by atoms with Crippen LogP contribution in [0.4, 0.5) is 0 Å². The standard InChI is InChI=1S/C21H29N3O4S/c1-15-16(2)22-28-21(15)17-8-9-19(27-3)20(14-17)29(25,26)24-12-10-23(11-13-24)18-6-4-5-7-18/h8-9,14,18H,4-7,10-13H2,1-3H3. The highest BCUT2D eigenvalue weighted by molar-refractivity contribution is 7.89. The predicted octanol–water partition coefficient (Wildman–Crippen LogP) is 3.22. The van der Waals surface area contributed by atoms with Crippen molar-refractivity contribution in [2.24, 2.45) is 0 Å². The fourth-order valence-electron chi connectivity index (χ4n) is 4.42. The molecule has 0 atom stereocenters. The number of hydrogen-bond donors (Lipinski definition) is 0. The van der Waals surface area contributed by atoms with Gasteiger partial charge in [-0.3, -0.25) is 4.90 Å². The number of hydrogen-bond acceptors (Lipinski definition) is 6. The lowest BCUT2D eigenvalue weighted by atomic mass is 10.1. The van der Waals surface area contributed by atoms with Gasteiger partial charge in [0.2, 0.25) is 10.0 Å². The number of methoxy groups -OCH3 is 1. The molecule has 158 valence electrons. The molecule has 8 heteroatoms. The molecule has 7 nitrogen and oxygen atoms in total. The normalized spacial score (nSPS) is 19.7. The first-order valence-corrected chi connectivity index (χ1v) is 11.7. The Bertz CT molecular complexity index is 972. The van der Waals surface area contributed by atoms with Crippen molar-refractivity contribution in [3.63, 3.8) is 0 Å². The number of sulfonamides is 1. The van der Waals surface area contributed by atoms with Crippen LogP contribution in [-0.4, -0.2) is 62.1 Å². The lowest BCUT2D eigenvalue weighted by Gasteiger charge is -2.37. The summed E-state index contributed by atoms with van der Waals surface area (Å²) in [6.07, 6.45) is 5.04. The second kappa shape index (κ2) is 8.08. The van der Waals surface area contributed by atoms with Gasteiger partial charge in [-0.25, -0.2) is 8.42 Å². The molecule has 2 aromatic rings. The number of benzene rings is 1. The molecule has 0 radical (unpaired) electrons. The van der Waals surface area contributed by atoms with Crippen molar-refractivity contribution in [2.45, 2.75) is 50.5 Å². The molecular formula is C21H29N3O4S. The SMILES string of the molecule is COc1ccc(-c2onc(C)c2C)cc1S(=O)(=O)N1CCN(C2CCCC2)CC1. The van der Waals surface area contributed by atoms with E-state index >= 15 is 0 Å². The van der Waals surface area contributed by atoms with Gasteiger partial charge in [0.05, 0.1) is 12.8 Å². The molecule has 1 saturated carbocycles. The zero-order valence-corrected chi connectivity index (χ0v) is 18.2. The highest BCUT2D eigenvalue weighted by atomic mass is 32.2. The second-order valence-corrected chi connectivity index (χ2v) is 9.87. The molecule has 2 fully saturated rings. The van der Waals surface area contributed by atoms with Crippen LogP contribution in [-0.2, 0) is 10.0 Å². The van der Waals surface area contributed by atoms with Gasteiger partial charge >= 0.3 is 0 Å². The van der Waals surface area contributed by atoms with Gasteiger partial charge in [-0.2, -0.15) is 4.31 Å². The van der Waals surface area contributed by atoms with Crippen LogP contribution >= 0.6 is 0 Å². The Morgan fingerprint density at radius 3 is 2.38 bits per heavy atom. The molecule has 0 bridgehead atoms. The van der Waals surface area contributed by atoms with Crippen LogP contribution in [0.5, 0.6) is 5.75 Å². The van der Waals surface area contributed by atoms with Gasteiger partial charge in [-0.15, -0.1) is 0 Å². The Kier molecular flexibility index (Phi) is 5.68. The maximum absolute atomic E-state index is 13.4. The van der Waals surface area contributed by atoms with Crippen molar-refractivity contribution in [1.29, 1.82) is 0 Å². The first-order valence-electron chi connectivity index (χ1n) is 10.3. The van der Waals surface area contributed by atoms with Gasteiger partial charge in [-0.05, 0) is 44.9 Å². The van der Waals surface area contributed by atoms with Crippen LogP contribution in [0.3, 0.4) is 0 Å². The number of nitrogens with zero attached hydrogens (tertiary/aromatic N) is 3. The molecule has 0 amide bonds. The molecule has 0 N–H and O–H groups in total. The lowest BCUT2D eigenvalue weighted by Crippen LogP contribution is -2.51. The molecule has 0 unspecified atom stereocenters. The molecule has 0 spiro atoms. The summed E-state index contributed by atoms with van der Waals surface area (Å²) in [5, 5.41) is 3.99. The topological polar surface area (TPSA) is 75.9 Å². The summed E-state index contributed by atoms with van der Waals surface area (Å²) in [6, 6.07) is 5.76. The first-order chi connectivity index (χ1) is 13.9. The molecule has 1 aliphatic carbocycles. The fourth-order valence-corrected chi connectivity index (χ4v) is 6.03. The van der Waals surface area contributed by atoms with E-state index in [-0.39, 0.29) is 4.90 Å². The zero-order valence-electron chi connectivity index (χ0n) is 17.3. The molecule has 29 heavy (non-hydrogen) atoms. The van der Waals surface area contributed by atoms with Crippen molar-refractivity contribution in [3.05, 3.63) is 29.5 Å².